The molecule has 2 aromatic carbocycles. The van der Waals surface area contributed by atoms with Crippen molar-refractivity contribution in [1.82, 2.24) is 0 Å². The molecular weight excluding hydrogens is 422 g/mol. The van der Waals surface area contributed by atoms with Crippen LogP contribution in [0.3, 0.4) is 0 Å². The normalized spacial score (nSPS) is 12.7. The molecule has 0 aliphatic carbocycles. The molecule has 0 radical (unpaired) electrons. The van der Waals surface area contributed by atoms with Crippen LogP contribution in [0.2, 0.25) is 0 Å². The Labute approximate surface area is 181 Å². The van der Waals surface area contributed by atoms with Crippen LogP contribution in [0.1, 0.15) is 19.8 Å². The second-order valence-electron chi connectivity index (χ2n) is 7.08. The minimum absolute atomic E-state index is 0.126. The third-order valence-electron chi connectivity index (χ3n) is 4.45. The summed E-state index contributed by atoms with van der Waals surface area (Å²) in [5, 5.41) is 5.40. The van der Waals surface area contributed by atoms with E-state index in [1.54, 1.807) is 42.5 Å². The van der Waals surface area contributed by atoms with Gasteiger partial charge in [-0.05, 0) is 36.8 Å². The van der Waals surface area contributed by atoms with Gasteiger partial charge >= 0.3 is 0 Å². The summed E-state index contributed by atoms with van der Waals surface area (Å²) in [6, 6.07) is 11.8. The molecule has 1 heterocycles. The van der Waals surface area contributed by atoms with Crippen LogP contribution in [-0.4, -0.2) is 46.2 Å². The number of nitrogens with one attached hydrogen (secondary N) is 2. The van der Waals surface area contributed by atoms with Crippen LogP contribution in [-0.2, 0) is 19.6 Å². The Bertz CT molecular complexity index is 1070. The molecule has 2 aromatic rings. The summed E-state index contributed by atoms with van der Waals surface area (Å²) in [6.07, 6.45) is 1.57. The zero-order chi connectivity index (χ0) is 22.4. The number of nitrogens with zero attached hydrogens (tertiary/aromatic N) is 1. The third kappa shape index (κ3) is 6.35. The predicted molar refractivity (Wildman–Crippen MR) is 118 cm³/mol. The number of benzene rings is 2. The maximum atomic E-state index is 12.3. The standard InChI is InChI=1S/C21H25N3O6S/c1-15(25)22-16-5-3-6-17(13-16)23-21(26)7-4-10-24(31(2,27)28)18-8-9-19-20(14-18)30-12-11-29-19/h3,5-6,8-9,13-14H,4,7,10-12H2,1-2H3,(H,22,25)(H,23,26). The van der Waals surface area contributed by atoms with Crippen LogP contribution in [0, 0.1) is 0 Å². The van der Waals surface area contributed by atoms with Gasteiger partial charge in [0.15, 0.2) is 11.5 Å². The summed E-state index contributed by atoms with van der Waals surface area (Å²) < 4.78 is 36.9. The van der Waals surface area contributed by atoms with Crippen molar-refractivity contribution in [1.29, 1.82) is 0 Å². The summed E-state index contributed by atoms with van der Waals surface area (Å²) >= 11 is 0. The summed E-state index contributed by atoms with van der Waals surface area (Å²) in [5.74, 6) is 0.609. The lowest BCUT2D eigenvalue weighted by Crippen LogP contribution is -2.31. The van der Waals surface area contributed by atoms with Crippen molar-refractivity contribution in [3.63, 3.8) is 0 Å². The average molecular weight is 448 g/mol. The Morgan fingerprint density at radius 2 is 1.68 bits per heavy atom. The predicted octanol–water partition coefficient (Wildman–Crippen LogP) is 2.60. The Morgan fingerprint density at radius 1 is 1.00 bits per heavy atom. The average Bonchev–Trinajstić information content (AvgIpc) is 2.70. The lowest BCUT2D eigenvalue weighted by molar-refractivity contribution is -0.116. The molecule has 1 aliphatic rings. The number of rotatable bonds is 8. The molecule has 10 heteroatoms. The van der Waals surface area contributed by atoms with Crippen molar-refractivity contribution >= 4 is 38.9 Å². The highest BCUT2D eigenvalue weighted by Crippen LogP contribution is 2.34. The minimum atomic E-state index is -3.55. The van der Waals surface area contributed by atoms with Crippen molar-refractivity contribution < 1.29 is 27.5 Å². The van der Waals surface area contributed by atoms with Gasteiger partial charge in [-0.15, -0.1) is 0 Å². The molecule has 0 saturated carbocycles. The Morgan fingerprint density at radius 3 is 2.35 bits per heavy atom. The number of anilines is 3. The molecule has 2 amide bonds. The van der Waals surface area contributed by atoms with Gasteiger partial charge in [0.05, 0.1) is 11.9 Å². The van der Waals surface area contributed by atoms with E-state index in [-0.39, 0.29) is 24.8 Å². The Kier molecular flexibility index (Phi) is 7.01. The van der Waals surface area contributed by atoms with E-state index < -0.39 is 10.0 Å². The van der Waals surface area contributed by atoms with Crippen molar-refractivity contribution in [2.24, 2.45) is 0 Å². The van der Waals surface area contributed by atoms with Gasteiger partial charge in [0.25, 0.3) is 0 Å². The highest BCUT2D eigenvalue weighted by atomic mass is 32.2. The van der Waals surface area contributed by atoms with E-state index in [0.717, 1.165) is 6.26 Å². The Hall–Kier alpha value is -3.27. The van der Waals surface area contributed by atoms with Crippen LogP contribution < -0.4 is 24.4 Å². The van der Waals surface area contributed by atoms with Crippen molar-refractivity contribution in [2.75, 3.05) is 41.0 Å². The van der Waals surface area contributed by atoms with Crippen molar-refractivity contribution in [2.45, 2.75) is 19.8 Å². The van der Waals surface area contributed by atoms with Gasteiger partial charge in [-0.3, -0.25) is 13.9 Å². The van der Waals surface area contributed by atoms with Gasteiger partial charge in [-0.2, -0.15) is 0 Å². The quantitative estimate of drug-likeness (QED) is 0.643. The second-order valence-corrected chi connectivity index (χ2v) is 8.98. The first kappa shape index (κ1) is 22.4. The van der Waals surface area contributed by atoms with E-state index in [4.69, 9.17) is 9.47 Å². The molecule has 31 heavy (non-hydrogen) atoms. The zero-order valence-electron chi connectivity index (χ0n) is 17.4. The van der Waals surface area contributed by atoms with E-state index in [1.807, 2.05) is 0 Å². The maximum Gasteiger partial charge on any atom is 0.232 e. The molecular formula is C21H25N3O6S. The van der Waals surface area contributed by atoms with Gasteiger partial charge < -0.3 is 20.1 Å². The van der Waals surface area contributed by atoms with Gasteiger partial charge in [0.1, 0.15) is 13.2 Å². The third-order valence-corrected chi connectivity index (χ3v) is 5.64. The molecule has 0 fully saturated rings. The van der Waals surface area contributed by atoms with Crippen LogP contribution in [0.4, 0.5) is 17.1 Å². The van der Waals surface area contributed by atoms with Crippen LogP contribution in [0.25, 0.3) is 0 Å². The SMILES string of the molecule is CC(=O)Nc1cccc(NC(=O)CCCN(c2ccc3c(c2)OCCO3)S(C)(=O)=O)c1. The molecule has 1 aliphatic heterocycles. The summed E-state index contributed by atoms with van der Waals surface area (Å²) in [6.45, 7) is 2.39. The first-order valence-corrected chi connectivity index (χ1v) is 11.6. The van der Waals surface area contributed by atoms with Gasteiger partial charge in [0.2, 0.25) is 21.8 Å². The van der Waals surface area contributed by atoms with E-state index in [1.165, 1.54) is 11.2 Å². The highest BCUT2D eigenvalue weighted by molar-refractivity contribution is 7.92. The second kappa shape index (κ2) is 9.69. The number of sulfonamides is 1. The molecule has 3 rings (SSSR count). The fraction of sp³-hybridized carbons (Fsp3) is 0.333. The molecule has 2 N–H and O–H groups in total. The van der Waals surface area contributed by atoms with E-state index >= 15 is 0 Å². The summed E-state index contributed by atoms with van der Waals surface area (Å²) in [7, 11) is -3.55. The fourth-order valence-corrected chi connectivity index (χ4v) is 4.12. The van der Waals surface area contributed by atoms with Gasteiger partial charge in [-0.1, -0.05) is 6.07 Å². The fourth-order valence-electron chi connectivity index (χ4n) is 3.16. The number of hydrogen-bond donors (Lipinski definition) is 2. The molecule has 0 spiro atoms. The van der Waals surface area contributed by atoms with Gasteiger partial charge in [0, 0.05) is 37.3 Å². The van der Waals surface area contributed by atoms with Crippen LogP contribution >= 0.6 is 0 Å². The molecule has 166 valence electrons. The first-order valence-electron chi connectivity index (χ1n) is 9.77. The number of carbonyl (C=O) groups excluding carboxylic acids is 2. The smallest absolute Gasteiger partial charge is 0.232 e. The zero-order valence-corrected chi connectivity index (χ0v) is 18.2. The number of hydrogen-bond acceptors (Lipinski definition) is 6. The number of carbonyl (C=O) groups is 2. The molecule has 9 nitrogen and oxygen atoms in total. The molecule has 0 saturated heterocycles. The van der Waals surface area contributed by atoms with E-state index in [9.17, 15) is 18.0 Å². The topological polar surface area (TPSA) is 114 Å². The lowest BCUT2D eigenvalue weighted by Gasteiger charge is -2.25. The lowest BCUT2D eigenvalue weighted by atomic mass is 10.2. The minimum Gasteiger partial charge on any atom is -0.486 e. The van der Waals surface area contributed by atoms with Crippen LogP contribution in [0.15, 0.2) is 42.5 Å². The summed E-state index contributed by atoms with van der Waals surface area (Å²) in [5.41, 5.74) is 1.57. The first-order chi connectivity index (χ1) is 14.7. The van der Waals surface area contributed by atoms with Gasteiger partial charge in [-0.25, -0.2) is 8.42 Å². The van der Waals surface area contributed by atoms with E-state index in [2.05, 4.69) is 10.6 Å². The number of amides is 2. The van der Waals surface area contributed by atoms with E-state index in [0.29, 0.717) is 48.2 Å². The molecule has 0 aromatic heterocycles. The molecule has 0 atom stereocenters. The maximum absolute atomic E-state index is 12.3. The van der Waals surface area contributed by atoms with Crippen LogP contribution in [0.5, 0.6) is 11.5 Å². The summed E-state index contributed by atoms with van der Waals surface area (Å²) in [4.78, 5) is 23.5. The largest absolute Gasteiger partial charge is 0.486 e. The Balaban J connectivity index is 1.60. The highest BCUT2D eigenvalue weighted by Gasteiger charge is 2.21. The number of fused-ring (bicyclic) bond motifs is 1. The molecule has 0 unspecified atom stereocenters. The monoisotopic (exact) mass is 447 g/mol. The van der Waals surface area contributed by atoms with Crippen molar-refractivity contribution in [3.05, 3.63) is 42.5 Å². The van der Waals surface area contributed by atoms with Crippen molar-refractivity contribution in [3.8, 4) is 11.5 Å². The number of ether oxygens (including phenoxy) is 2. The molecule has 0 bridgehead atoms.